The van der Waals surface area contributed by atoms with Crippen molar-refractivity contribution < 1.29 is 4.79 Å². The Morgan fingerprint density at radius 3 is 2.35 bits per heavy atom. The monoisotopic (exact) mass is 518 g/mol. The van der Waals surface area contributed by atoms with Crippen LogP contribution in [0.5, 0.6) is 0 Å². The van der Waals surface area contributed by atoms with Crippen molar-refractivity contribution in [2.75, 3.05) is 12.4 Å². The van der Waals surface area contributed by atoms with Crippen LogP contribution in [-0.2, 0) is 6.42 Å². The van der Waals surface area contributed by atoms with Gasteiger partial charge in [0.15, 0.2) is 0 Å². The SMILES string of the molecule is CCc1ccc(-n2c(C(CC)N(C)C(=O)Nc3ccc(Br)cc3)nc3ccccc3c2=O)cc1. The van der Waals surface area contributed by atoms with Crippen LogP contribution >= 0.6 is 15.9 Å². The molecule has 0 aliphatic carbocycles. The third kappa shape index (κ3) is 4.75. The van der Waals surface area contributed by atoms with Gasteiger partial charge in [-0.3, -0.25) is 9.36 Å². The fourth-order valence-electron chi connectivity index (χ4n) is 4.02. The van der Waals surface area contributed by atoms with Crippen molar-refractivity contribution in [3.05, 3.63) is 99.0 Å². The van der Waals surface area contributed by atoms with E-state index in [0.717, 1.165) is 16.6 Å². The summed E-state index contributed by atoms with van der Waals surface area (Å²) >= 11 is 3.41. The summed E-state index contributed by atoms with van der Waals surface area (Å²) in [5, 5.41) is 3.47. The van der Waals surface area contributed by atoms with Gasteiger partial charge in [0, 0.05) is 17.2 Å². The molecular weight excluding hydrogens is 492 g/mol. The number of carbonyl (C=O) groups is 1. The quantitative estimate of drug-likeness (QED) is 0.324. The number of urea groups is 1. The highest BCUT2D eigenvalue weighted by Crippen LogP contribution is 2.26. The molecule has 0 bridgehead atoms. The number of aromatic nitrogens is 2. The number of carbonyl (C=O) groups excluding carboxylic acids is 1. The van der Waals surface area contributed by atoms with Crippen LogP contribution in [0.25, 0.3) is 16.6 Å². The molecule has 0 saturated carbocycles. The molecule has 0 aliphatic rings. The van der Waals surface area contributed by atoms with Gasteiger partial charge in [0.1, 0.15) is 5.82 Å². The van der Waals surface area contributed by atoms with Gasteiger partial charge >= 0.3 is 6.03 Å². The Kier molecular flexibility index (Phi) is 7.12. The molecule has 6 nitrogen and oxygen atoms in total. The minimum absolute atomic E-state index is 0.148. The summed E-state index contributed by atoms with van der Waals surface area (Å²) in [6, 6.07) is 21.9. The van der Waals surface area contributed by atoms with Gasteiger partial charge in [0.2, 0.25) is 0 Å². The third-order valence-electron chi connectivity index (χ3n) is 5.97. The summed E-state index contributed by atoms with van der Waals surface area (Å²) in [6.45, 7) is 4.08. The first-order chi connectivity index (χ1) is 16.4. The Labute approximate surface area is 207 Å². The standard InChI is InChI=1S/C27H27BrN4O2/c1-4-18-10-16-21(17-11-18)32-25(30-23-9-7-6-8-22(23)26(32)33)24(5-2)31(3)27(34)29-20-14-12-19(28)13-15-20/h6-17,24H,4-5H2,1-3H3,(H,29,34). The van der Waals surface area contributed by atoms with Crippen LogP contribution in [0.2, 0.25) is 0 Å². The number of para-hydroxylation sites is 1. The van der Waals surface area contributed by atoms with E-state index >= 15 is 0 Å². The third-order valence-corrected chi connectivity index (χ3v) is 6.50. The largest absolute Gasteiger partial charge is 0.322 e. The number of aryl methyl sites for hydroxylation is 1. The van der Waals surface area contributed by atoms with E-state index < -0.39 is 6.04 Å². The summed E-state index contributed by atoms with van der Waals surface area (Å²) in [5.74, 6) is 0.531. The van der Waals surface area contributed by atoms with Gasteiger partial charge in [-0.25, -0.2) is 9.78 Å². The minimum atomic E-state index is -0.418. The first-order valence-corrected chi connectivity index (χ1v) is 12.1. The highest BCUT2D eigenvalue weighted by Gasteiger charge is 2.26. The number of nitrogens with zero attached hydrogens (tertiary/aromatic N) is 3. The lowest BCUT2D eigenvalue weighted by Gasteiger charge is -2.29. The second-order valence-electron chi connectivity index (χ2n) is 8.12. The number of fused-ring (bicyclic) bond motifs is 1. The maximum Gasteiger partial charge on any atom is 0.322 e. The fourth-order valence-corrected chi connectivity index (χ4v) is 4.28. The molecule has 2 amide bonds. The summed E-state index contributed by atoms with van der Waals surface area (Å²) in [7, 11) is 1.73. The number of amides is 2. The Morgan fingerprint density at radius 1 is 1.03 bits per heavy atom. The predicted molar refractivity (Wildman–Crippen MR) is 141 cm³/mol. The first kappa shape index (κ1) is 23.7. The number of anilines is 1. The van der Waals surface area contributed by atoms with Crippen LogP contribution < -0.4 is 10.9 Å². The molecule has 0 aliphatic heterocycles. The Hall–Kier alpha value is -3.45. The van der Waals surface area contributed by atoms with Gasteiger partial charge in [-0.1, -0.05) is 54.0 Å². The van der Waals surface area contributed by atoms with E-state index in [4.69, 9.17) is 4.98 Å². The average molecular weight is 519 g/mol. The molecule has 1 atom stereocenters. The van der Waals surface area contributed by atoms with Gasteiger partial charge < -0.3 is 10.2 Å². The molecule has 1 heterocycles. The molecule has 4 rings (SSSR count). The van der Waals surface area contributed by atoms with E-state index in [0.29, 0.717) is 28.8 Å². The predicted octanol–water partition coefficient (Wildman–Crippen LogP) is 6.33. The molecule has 1 unspecified atom stereocenters. The van der Waals surface area contributed by atoms with Crippen LogP contribution in [0, 0.1) is 0 Å². The van der Waals surface area contributed by atoms with Crippen LogP contribution in [0.1, 0.15) is 37.7 Å². The lowest BCUT2D eigenvalue weighted by Crippen LogP contribution is -2.38. The highest BCUT2D eigenvalue weighted by molar-refractivity contribution is 9.10. The molecule has 3 aromatic carbocycles. The van der Waals surface area contributed by atoms with E-state index in [1.807, 2.05) is 73.7 Å². The van der Waals surface area contributed by atoms with Gasteiger partial charge in [0.25, 0.3) is 5.56 Å². The van der Waals surface area contributed by atoms with Gasteiger partial charge in [0.05, 0.1) is 22.6 Å². The van der Waals surface area contributed by atoms with E-state index in [1.165, 1.54) is 5.56 Å². The maximum atomic E-state index is 13.6. The summed E-state index contributed by atoms with van der Waals surface area (Å²) in [6.07, 6.45) is 1.50. The van der Waals surface area contributed by atoms with Gasteiger partial charge in [-0.2, -0.15) is 0 Å². The van der Waals surface area contributed by atoms with Crippen molar-refractivity contribution in [1.82, 2.24) is 14.5 Å². The molecule has 1 aromatic heterocycles. The van der Waals surface area contributed by atoms with Gasteiger partial charge in [-0.05, 0) is 66.9 Å². The van der Waals surface area contributed by atoms with Gasteiger partial charge in [-0.15, -0.1) is 0 Å². The molecule has 0 radical (unpaired) electrons. The van der Waals surface area contributed by atoms with Crippen molar-refractivity contribution in [2.45, 2.75) is 32.7 Å². The van der Waals surface area contributed by atoms with Crippen molar-refractivity contribution in [3.8, 4) is 5.69 Å². The highest BCUT2D eigenvalue weighted by atomic mass is 79.9. The first-order valence-electron chi connectivity index (χ1n) is 11.3. The molecule has 0 saturated heterocycles. The number of halogens is 1. The zero-order valence-corrected chi connectivity index (χ0v) is 21.0. The van der Waals surface area contributed by atoms with E-state index in [9.17, 15) is 9.59 Å². The lowest BCUT2D eigenvalue weighted by atomic mass is 10.1. The molecular formula is C27H27BrN4O2. The van der Waals surface area contributed by atoms with Crippen LogP contribution in [0.3, 0.4) is 0 Å². The van der Waals surface area contributed by atoms with E-state index in [-0.39, 0.29) is 11.6 Å². The van der Waals surface area contributed by atoms with Crippen LogP contribution in [0.15, 0.2) is 82.1 Å². The molecule has 4 aromatic rings. The second kappa shape index (κ2) is 10.2. The zero-order chi connectivity index (χ0) is 24.2. The molecule has 174 valence electrons. The second-order valence-corrected chi connectivity index (χ2v) is 9.04. The van der Waals surface area contributed by atoms with E-state index in [1.54, 1.807) is 22.6 Å². The van der Waals surface area contributed by atoms with Crippen molar-refractivity contribution >= 4 is 38.6 Å². The fraction of sp³-hybridized carbons (Fsp3) is 0.222. The number of hydrogen-bond acceptors (Lipinski definition) is 3. The Balaban J connectivity index is 1.80. The topological polar surface area (TPSA) is 67.2 Å². The molecule has 0 spiro atoms. The number of nitrogens with one attached hydrogen (secondary N) is 1. The zero-order valence-electron chi connectivity index (χ0n) is 19.5. The number of hydrogen-bond donors (Lipinski definition) is 1. The maximum absolute atomic E-state index is 13.6. The lowest BCUT2D eigenvalue weighted by molar-refractivity contribution is 0.199. The Bertz CT molecular complexity index is 1360. The van der Waals surface area contributed by atoms with Crippen molar-refractivity contribution in [2.24, 2.45) is 0 Å². The molecule has 1 N–H and O–H groups in total. The molecule has 0 fully saturated rings. The van der Waals surface area contributed by atoms with Crippen molar-refractivity contribution in [3.63, 3.8) is 0 Å². The van der Waals surface area contributed by atoms with Crippen molar-refractivity contribution in [1.29, 1.82) is 0 Å². The molecule has 34 heavy (non-hydrogen) atoms. The summed E-state index contributed by atoms with van der Waals surface area (Å²) < 4.78 is 2.57. The average Bonchev–Trinajstić information content (AvgIpc) is 2.86. The Morgan fingerprint density at radius 2 is 1.71 bits per heavy atom. The summed E-state index contributed by atoms with van der Waals surface area (Å²) in [5.41, 5.74) is 3.07. The number of benzene rings is 3. The van der Waals surface area contributed by atoms with Crippen LogP contribution in [0.4, 0.5) is 10.5 Å². The minimum Gasteiger partial charge on any atom is -0.317 e. The number of rotatable bonds is 6. The van der Waals surface area contributed by atoms with Crippen LogP contribution in [-0.4, -0.2) is 27.5 Å². The molecule has 7 heteroatoms. The summed E-state index contributed by atoms with van der Waals surface area (Å²) in [4.78, 5) is 33.3. The normalized spacial score (nSPS) is 11.9. The van der Waals surface area contributed by atoms with E-state index in [2.05, 4.69) is 28.2 Å². The smallest absolute Gasteiger partial charge is 0.317 e.